The van der Waals surface area contributed by atoms with Crippen LogP contribution in [0.4, 0.5) is 5.69 Å². The van der Waals surface area contributed by atoms with Gasteiger partial charge < -0.3 is 10.5 Å². The average molecular weight is 230 g/mol. The van der Waals surface area contributed by atoms with E-state index in [1.54, 1.807) is 0 Å². The van der Waals surface area contributed by atoms with E-state index in [0.29, 0.717) is 0 Å². The molecule has 1 rings (SSSR count). The lowest BCUT2D eigenvalue weighted by Crippen LogP contribution is -2.17. The molecule has 0 aromatic heterocycles. The van der Waals surface area contributed by atoms with E-state index in [4.69, 9.17) is 10.9 Å². The van der Waals surface area contributed by atoms with Gasteiger partial charge in [-0.3, -0.25) is 0 Å². The number of hydrogen-bond acceptors (Lipinski definition) is 5. The highest BCUT2D eigenvalue weighted by atomic mass is 32.2. The van der Waals surface area contributed by atoms with E-state index in [9.17, 15) is 13.2 Å². The van der Waals surface area contributed by atoms with Crippen molar-refractivity contribution in [3.63, 3.8) is 0 Å². The van der Waals surface area contributed by atoms with Gasteiger partial charge in [-0.2, -0.15) is 0 Å². The summed E-state index contributed by atoms with van der Waals surface area (Å²) >= 11 is 0. The third kappa shape index (κ3) is 2.45. The minimum absolute atomic E-state index is 0.130. The summed E-state index contributed by atoms with van der Waals surface area (Å²) in [5.74, 6) is -0.779. The first-order valence-electron chi connectivity index (χ1n) is 3.87. The van der Waals surface area contributed by atoms with Crippen molar-refractivity contribution >= 4 is 21.7 Å². The van der Waals surface area contributed by atoms with Crippen molar-refractivity contribution in [3.8, 4) is 0 Å². The molecular weight excluding hydrogens is 220 g/mol. The number of primary sulfonamides is 1. The molecule has 0 spiro atoms. The van der Waals surface area contributed by atoms with Crippen LogP contribution in [-0.2, 0) is 14.8 Å². The van der Waals surface area contributed by atoms with Gasteiger partial charge in [0, 0.05) is 5.69 Å². The zero-order valence-corrected chi connectivity index (χ0v) is 8.74. The van der Waals surface area contributed by atoms with Crippen LogP contribution < -0.4 is 10.9 Å². The van der Waals surface area contributed by atoms with Crippen LogP contribution in [0.5, 0.6) is 0 Å². The van der Waals surface area contributed by atoms with Crippen LogP contribution in [0.25, 0.3) is 0 Å². The van der Waals surface area contributed by atoms with Gasteiger partial charge in [0.1, 0.15) is 0 Å². The van der Waals surface area contributed by atoms with Crippen molar-refractivity contribution in [2.75, 3.05) is 12.8 Å². The van der Waals surface area contributed by atoms with Gasteiger partial charge in [-0.15, -0.1) is 0 Å². The third-order valence-corrected chi connectivity index (χ3v) is 2.67. The lowest BCUT2D eigenvalue weighted by molar-refractivity contribution is 0.0596. The van der Waals surface area contributed by atoms with Crippen molar-refractivity contribution in [3.05, 3.63) is 23.8 Å². The van der Waals surface area contributed by atoms with E-state index in [1.165, 1.54) is 12.1 Å². The Morgan fingerprint density at radius 1 is 1.40 bits per heavy atom. The number of methoxy groups -OCH3 is 1. The van der Waals surface area contributed by atoms with Crippen molar-refractivity contribution in [1.82, 2.24) is 0 Å². The Balaban J connectivity index is 3.47. The average Bonchev–Trinajstić information content (AvgIpc) is 2.15. The predicted molar refractivity (Wildman–Crippen MR) is 53.6 cm³/mol. The standard InChI is InChI=1S/C8H10N2O4S/c1-14-8(11)6-3-2-5(9)4-7(6)15(10,12)13/h2-4H,9H2,1H3,(H2,10,12,13). The Hall–Kier alpha value is -1.60. The molecule has 0 aliphatic rings. The van der Waals surface area contributed by atoms with E-state index < -0.39 is 16.0 Å². The van der Waals surface area contributed by atoms with Gasteiger partial charge in [-0.1, -0.05) is 0 Å². The molecule has 0 bridgehead atoms. The second-order valence-corrected chi connectivity index (χ2v) is 4.32. The molecule has 0 fully saturated rings. The van der Waals surface area contributed by atoms with Crippen LogP contribution in [0, 0.1) is 0 Å². The van der Waals surface area contributed by atoms with E-state index in [-0.39, 0.29) is 16.1 Å². The highest BCUT2D eigenvalue weighted by Gasteiger charge is 2.19. The predicted octanol–water partition coefficient (Wildman–Crippen LogP) is -0.297. The van der Waals surface area contributed by atoms with Crippen LogP contribution >= 0.6 is 0 Å². The maximum Gasteiger partial charge on any atom is 0.339 e. The molecule has 1 aromatic carbocycles. The summed E-state index contributed by atoms with van der Waals surface area (Å²) in [5.41, 5.74) is 5.46. The summed E-state index contributed by atoms with van der Waals surface area (Å²) in [6, 6.07) is 3.75. The fourth-order valence-corrected chi connectivity index (χ4v) is 1.81. The number of ether oxygens (including phenoxy) is 1. The molecule has 0 atom stereocenters. The lowest BCUT2D eigenvalue weighted by Gasteiger charge is -2.06. The number of benzene rings is 1. The number of sulfonamides is 1. The zero-order chi connectivity index (χ0) is 11.6. The number of hydrogen-bond donors (Lipinski definition) is 2. The van der Waals surface area contributed by atoms with Crippen LogP contribution in [0.3, 0.4) is 0 Å². The molecule has 82 valence electrons. The third-order valence-electron chi connectivity index (χ3n) is 1.72. The largest absolute Gasteiger partial charge is 0.465 e. The second-order valence-electron chi connectivity index (χ2n) is 2.79. The quantitative estimate of drug-likeness (QED) is 0.535. The van der Waals surface area contributed by atoms with E-state index in [0.717, 1.165) is 13.2 Å². The first kappa shape index (κ1) is 11.5. The summed E-state index contributed by atoms with van der Waals surface area (Å²) in [6.07, 6.45) is 0. The normalized spacial score (nSPS) is 11.1. The summed E-state index contributed by atoms with van der Waals surface area (Å²) in [4.78, 5) is 10.9. The summed E-state index contributed by atoms with van der Waals surface area (Å²) in [6.45, 7) is 0. The van der Waals surface area contributed by atoms with Gasteiger partial charge >= 0.3 is 5.97 Å². The van der Waals surface area contributed by atoms with E-state index in [2.05, 4.69) is 4.74 Å². The number of esters is 1. The molecule has 15 heavy (non-hydrogen) atoms. The molecular formula is C8H10N2O4S. The summed E-state index contributed by atoms with van der Waals surface area (Å²) in [7, 11) is -2.85. The van der Waals surface area contributed by atoms with Crippen molar-refractivity contribution < 1.29 is 17.9 Å². The Kier molecular flexibility index (Phi) is 2.96. The molecule has 0 radical (unpaired) electrons. The summed E-state index contributed by atoms with van der Waals surface area (Å²) in [5, 5.41) is 4.93. The maximum absolute atomic E-state index is 11.2. The van der Waals surface area contributed by atoms with Gasteiger partial charge in [0.2, 0.25) is 10.0 Å². The van der Waals surface area contributed by atoms with Crippen LogP contribution in [0.1, 0.15) is 10.4 Å². The zero-order valence-electron chi connectivity index (χ0n) is 7.93. The molecule has 0 heterocycles. The SMILES string of the molecule is COC(=O)c1ccc(N)cc1S(N)(=O)=O. The lowest BCUT2D eigenvalue weighted by atomic mass is 10.2. The summed E-state index contributed by atoms with van der Waals surface area (Å²) < 4.78 is 26.7. The smallest absolute Gasteiger partial charge is 0.339 e. The van der Waals surface area contributed by atoms with Crippen LogP contribution in [0.15, 0.2) is 23.1 Å². The molecule has 4 N–H and O–H groups in total. The second kappa shape index (κ2) is 3.87. The fourth-order valence-electron chi connectivity index (χ4n) is 1.05. The van der Waals surface area contributed by atoms with Gasteiger partial charge in [0.25, 0.3) is 0 Å². The molecule has 0 aliphatic heterocycles. The Labute approximate surface area is 86.9 Å². The molecule has 0 aliphatic carbocycles. The fraction of sp³-hybridized carbons (Fsp3) is 0.125. The number of nitrogen functional groups attached to an aromatic ring is 1. The number of rotatable bonds is 2. The molecule has 0 amide bonds. The van der Waals surface area contributed by atoms with Crippen molar-refractivity contribution in [2.45, 2.75) is 4.90 Å². The Morgan fingerprint density at radius 2 is 2.00 bits per heavy atom. The minimum atomic E-state index is -3.99. The van der Waals surface area contributed by atoms with Gasteiger partial charge in [0.05, 0.1) is 17.6 Å². The van der Waals surface area contributed by atoms with Crippen molar-refractivity contribution in [2.24, 2.45) is 5.14 Å². The molecule has 7 heteroatoms. The van der Waals surface area contributed by atoms with Gasteiger partial charge in [0.15, 0.2) is 0 Å². The number of nitrogens with two attached hydrogens (primary N) is 2. The number of anilines is 1. The minimum Gasteiger partial charge on any atom is -0.465 e. The highest BCUT2D eigenvalue weighted by molar-refractivity contribution is 7.89. The van der Waals surface area contributed by atoms with E-state index >= 15 is 0 Å². The highest BCUT2D eigenvalue weighted by Crippen LogP contribution is 2.18. The van der Waals surface area contributed by atoms with E-state index in [1.807, 2.05) is 0 Å². The van der Waals surface area contributed by atoms with Crippen LogP contribution in [-0.4, -0.2) is 21.5 Å². The molecule has 0 saturated heterocycles. The Morgan fingerprint density at radius 3 is 2.47 bits per heavy atom. The van der Waals surface area contributed by atoms with Crippen LogP contribution in [0.2, 0.25) is 0 Å². The Bertz CT molecular complexity index is 495. The number of carbonyl (C=O) groups is 1. The van der Waals surface area contributed by atoms with Gasteiger partial charge in [-0.05, 0) is 18.2 Å². The molecule has 0 saturated carbocycles. The molecule has 1 aromatic rings. The van der Waals surface area contributed by atoms with Gasteiger partial charge in [-0.25, -0.2) is 18.4 Å². The maximum atomic E-state index is 11.2. The topological polar surface area (TPSA) is 112 Å². The van der Waals surface area contributed by atoms with Crippen molar-refractivity contribution in [1.29, 1.82) is 0 Å². The monoisotopic (exact) mass is 230 g/mol. The molecule has 0 unspecified atom stereocenters. The first-order chi connectivity index (χ1) is 6.86. The first-order valence-corrected chi connectivity index (χ1v) is 5.41. The molecule has 6 nitrogen and oxygen atoms in total. The number of carbonyl (C=O) groups excluding carboxylic acids is 1.